The van der Waals surface area contributed by atoms with Crippen molar-refractivity contribution in [3.63, 3.8) is 0 Å². The van der Waals surface area contributed by atoms with Crippen molar-refractivity contribution >= 4 is 45.7 Å². The quantitative estimate of drug-likeness (QED) is 0.479. The molecule has 0 aliphatic rings. The molecule has 0 unspecified atom stereocenters. The number of fused-ring (bicyclic) bond motifs is 1. The third kappa shape index (κ3) is 4.49. The lowest BCUT2D eigenvalue weighted by Gasteiger charge is -2.13. The highest BCUT2D eigenvalue weighted by Crippen LogP contribution is 2.31. The van der Waals surface area contributed by atoms with E-state index in [4.69, 9.17) is 32.7 Å². The molecule has 1 aromatic heterocycles. The van der Waals surface area contributed by atoms with Gasteiger partial charge in [-0.2, -0.15) is 0 Å². The highest BCUT2D eigenvalue weighted by atomic mass is 35.5. The van der Waals surface area contributed by atoms with Gasteiger partial charge in [-0.15, -0.1) is 0 Å². The molecular weight excluding hydrogens is 387 g/mol. The number of nitrogens with one attached hydrogen (secondary N) is 2. The largest absolute Gasteiger partial charge is 0.497 e. The van der Waals surface area contributed by atoms with Gasteiger partial charge in [0.25, 0.3) is 5.91 Å². The van der Waals surface area contributed by atoms with Crippen LogP contribution in [0.5, 0.6) is 11.5 Å². The summed E-state index contributed by atoms with van der Waals surface area (Å²) in [6, 6.07) is 10.4. The molecule has 0 aliphatic carbocycles. The SMILES string of the molecule is CCCCOc1ccc(OC)cc1NC(=O)c1cc2c(Cl)cc(Cl)cc2[nH]1. The molecule has 27 heavy (non-hydrogen) atoms. The van der Waals surface area contributed by atoms with Crippen LogP contribution in [0, 0.1) is 0 Å². The Morgan fingerprint density at radius 2 is 2.00 bits per heavy atom. The van der Waals surface area contributed by atoms with Crippen LogP contribution in [-0.2, 0) is 0 Å². The number of aromatic amines is 1. The number of aromatic nitrogens is 1. The third-order valence-corrected chi connectivity index (χ3v) is 4.62. The van der Waals surface area contributed by atoms with E-state index in [0.717, 1.165) is 18.2 Å². The van der Waals surface area contributed by atoms with Gasteiger partial charge in [0.2, 0.25) is 0 Å². The molecule has 2 aromatic carbocycles. The van der Waals surface area contributed by atoms with Crippen molar-refractivity contribution in [1.29, 1.82) is 0 Å². The smallest absolute Gasteiger partial charge is 0.272 e. The second-order valence-electron chi connectivity index (χ2n) is 6.05. The van der Waals surface area contributed by atoms with Crippen molar-refractivity contribution in [2.24, 2.45) is 0 Å². The van der Waals surface area contributed by atoms with Gasteiger partial charge in [-0.3, -0.25) is 4.79 Å². The van der Waals surface area contributed by atoms with Crippen LogP contribution in [0.15, 0.2) is 36.4 Å². The number of anilines is 1. The number of ether oxygens (including phenoxy) is 2. The van der Waals surface area contributed by atoms with Crippen LogP contribution in [-0.4, -0.2) is 24.6 Å². The van der Waals surface area contributed by atoms with Gasteiger partial charge in [-0.25, -0.2) is 0 Å². The lowest BCUT2D eigenvalue weighted by molar-refractivity contribution is 0.102. The van der Waals surface area contributed by atoms with E-state index in [1.54, 1.807) is 43.5 Å². The molecule has 7 heteroatoms. The number of hydrogen-bond donors (Lipinski definition) is 2. The number of rotatable bonds is 7. The van der Waals surface area contributed by atoms with Crippen molar-refractivity contribution in [2.45, 2.75) is 19.8 Å². The molecule has 0 spiro atoms. The highest BCUT2D eigenvalue weighted by molar-refractivity contribution is 6.38. The Bertz CT molecular complexity index is 969. The first-order valence-electron chi connectivity index (χ1n) is 8.61. The highest BCUT2D eigenvalue weighted by Gasteiger charge is 2.15. The Balaban J connectivity index is 1.87. The molecule has 0 bridgehead atoms. The summed E-state index contributed by atoms with van der Waals surface area (Å²) in [5.41, 5.74) is 1.61. The summed E-state index contributed by atoms with van der Waals surface area (Å²) in [7, 11) is 1.57. The normalized spacial score (nSPS) is 10.8. The number of carbonyl (C=O) groups is 1. The zero-order valence-corrected chi connectivity index (χ0v) is 16.6. The minimum absolute atomic E-state index is 0.313. The van der Waals surface area contributed by atoms with Crippen molar-refractivity contribution in [3.8, 4) is 11.5 Å². The first kappa shape index (κ1) is 19.4. The van der Waals surface area contributed by atoms with Gasteiger partial charge >= 0.3 is 0 Å². The number of methoxy groups -OCH3 is 1. The maximum absolute atomic E-state index is 12.7. The Hall–Kier alpha value is -2.37. The summed E-state index contributed by atoms with van der Waals surface area (Å²) in [5.74, 6) is 0.904. The van der Waals surface area contributed by atoms with Gasteiger partial charge in [0.1, 0.15) is 17.2 Å². The molecular formula is C20H20Cl2N2O3. The van der Waals surface area contributed by atoms with Crippen molar-refractivity contribution in [1.82, 2.24) is 4.98 Å². The van der Waals surface area contributed by atoms with Gasteiger partial charge < -0.3 is 19.8 Å². The fourth-order valence-electron chi connectivity index (χ4n) is 2.66. The van der Waals surface area contributed by atoms with Gasteiger partial charge in [0.05, 0.1) is 24.4 Å². The molecule has 0 aliphatic heterocycles. The Morgan fingerprint density at radius 1 is 1.19 bits per heavy atom. The van der Waals surface area contributed by atoms with Crippen LogP contribution in [0.4, 0.5) is 5.69 Å². The molecule has 0 atom stereocenters. The monoisotopic (exact) mass is 406 g/mol. The number of halogens is 2. The number of benzene rings is 2. The van der Waals surface area contributed by atoms with Crippen molar-refractivity contribution < 1.29 is 14.3 Å². The van der Waals surface area contributed by atoms with E-state index in [1.165, 1.54) is 0 Å². The average molecular weight is 407 g/mol. The molecule has 1 amide bonds. The third-order valence-electron chi connectivity index (χ3n) is 4.09. The molecule has 0 saturated heterocycles. The summed E-state index contributed by atoms with van der Waals surface area (Å²) in [5, 5.41) is 4.59. The second kappa shape index (κ2) is 8.55. The second-order valence-corrected chi connectivity index (χ2v) is 6.89. The van der Waals surface area contributed by atoms with Gasteiger partial charge in [-0.1, -0.05) is 36.5 Å². The Labute approximate surface area is 167 Å². The minimum atomic E-state index is -0.313. The molecule has 2 N–H and O–H groups in total. The number of H-pyrrole nitrogens is 1. The molecule has 0 fully saturated rings. The molecule has 3 rings (SSSR count). The maximum Gasteiger partial charge on any atom is 0.272 e. The average Bonchev–Trinajstić information content (AvgIpc) is 3.07. The summed E-state index contributed by atoms with van der Waals surface area (Å²) < 4.78 is 11.0. The van der Waals surface area contributed by atoms with E-state index in [0.29, 0.717) is 45.0 Å². The topological polar surface area (TPSA) is 63.4 Å². The first-order valence-corrected chi connectivity index (χ1v) is 9.37. The lowest BCUT2D eigenvalue weighted by atomic mass is 10.2. The van der Waals surface area contributed by atoms with E-state index in [2.05, 4.69) is 17.2 Å². The number of carbonyl (C=O) groups excluding carboxylic acids is 1. The predicted molar refractivity (Wildman–Crippen MR) is 110 cm³/mol. The van der Waals surface area contributed by atoms with Crippen LogP contribution < -0.4 is 14.8 Å². The van der Waals surface area contributed by atoms with Gasteiger partial charge in [-0.05, 0) is 36.8 Å². The molecule has 0 saturated carbocycles. The number of unbranched alkanes of at least 4 members (excludes halogenated alkanes) is 1. The van der Waals surface area contributed by atoms with Gasteiger partial charge in [0, 0.05) is 22.0 Å². The predicted octanol–water partition coefficient (Wildman–Crippen LogP) is 5.91. The molecule has 3 aromatic rings. The summed E-state index contributed by atoms with van der Waals surface area (Å²) in [4.78, 5) is 15.8. The fraction of sp³-hybridized carbons (Fsp3) is 0.250. The Kier molecular flexibility index (Phi) is 6.14. The first-order chi connectivity index (χ1) is 13.0. The number of amides is 1. The summed E-state index contributed by atoms with van der Waals surface area (Å²) in [6.45, 7) is 2.67. The molecule has 142 valence electrons. The number of hydrogen-bond acceptors (Lipinski definition) is 3. The van der Waals surface area contributed by atoms with E-state index in [-0.39, 0.29) is 5.91 Å². The van der Waals surface area contributed by atoms with E-state index < -0.39 is 0 Å². The van der Waals surface area contributed by atoms with E-state index >= 15 is 0 Å². The standard InChI is InChI=1S/C20H20Cl2N2O3/c1-3-4-7-27-19-6-5-13(26-2)10-17(19)24-20(25)18-11-14-15(22)8-12(21)9-16(14)23-18/h5-6,8-11,23H,3-4,7H2,1-2H3,(H,24,25). The van der Waals surface area contributed by atoms with E-state index in [1.807, 2.05) is 0 Å². The molecule has 1 heterocycles. The van der Waals surface area contributed by atoms with Crippen LogP contribution in [0.1, 0.15) is 30.3 Å². The van der Waals surface area contributed by atoms with Crippen LogP contribution in [0.2, 0.25) is 10.0 Å². The maximum atomic E-state index is 12.7. The summed E-state index contributed by atoms with van der Waals surface area (Å²) >= 11 is 12.2. The zero-order valence-electron chi connectivity index (χ0n) is 15.1. The fourth-order valence-corrected chi connectivity index (χ4v) is 3.21. The van der Waals surface area contributed by atoms with E-state index in [9.17, 15) is 4.79 Å². The van der Waals surface area contributed by atoms with Crippen LogP contribution in [0.25, 0.3) is 10.9 Å². The molecule has 0 radical (unpaired) electrons. The lowest BCUT2D eigenvalue weighted by Crippen LogP contribution is -2.13. The molecule has 5 nitrogen and oxygen atoms in total. The van der Waals surface area contributed by atoms with Crippen LogP contribution in [0.3, 0.4) is 0 Å². The zero-order chi connectivity index (χ0) is 19.4. The van der Waals surface area contributed by atoms with Crippen molar-refractivity contribution in [2.75, 3.05) is 19.0 Å². The Morgan fingerprint density at radius 3 is 2.74 bits per heavy atom. The van der Waals surface area contributed by atoms with Crippen molar-refractivity contribution in [3.05, 3.63) is 52.1 Å². The van der Waals surface area contributed by atoms with Crippen LogP contribution >= 0.6 is 23.2 Å². The summed E-state index contributed by atoms with van der Waals surface area (Å²) in [6.07, 6.45) is 1.96. The minimum Gasteiger partial charge on any atom is -0.497 e. The van der Waals surface area contributed by atoms with Gasteiger partial charge in [0.15, 0.2) is 0 Å².